The van der Waals surface area contributed by atoms with Crippen LogP contribution in [0.1, 0.15) is 13.3 Å². The molecule has 1 heterocycles. The molecule has 0 radical (unpaired) electrons. The van der Waals surface area contributed by atoms with Crippen molar-refractivity contribution in [3.05, 3.63) is 0 Å². The molecule has 0 aromatic carbocycles. The molecule has 0 aromatic rings. The van der Waals surface area contributed by atoms with E-state index >= 15 is 0 Å². The number of hydrogen-bond acceptors (Lipinski definition) is 3. The molecule has 1 unspecified atom stereocenters. The highest BCUT2D eigenvalue weighted by Gasteiger charge is 2.32. The molecule has 0 aromatic heterocycles. The second-order valence-corrected chi connectivity index (χ2v) is 4.96. The van der Waals surface area contributed by atoms with Gasteiger partial charge < -0.3 is 5.73 Å². The molecule has 0 saturated carbocycles. The summed E-state index contributed by atoms with van der Waals surface area (Å²) >= 11 is 1.84. The first kappa shape index (κ1) is 12.2. The number of rotatable bonds is 3. The number of thioether (sulfide) groups is 1. The van der Waals surface area contributed by atoms with Crippen molar-refractivity contribution in [3.8, 4) is 0 Å². The van der Waals surface area contributed by atoms with Crippen molar-refractivity contribution in [2.24, 2.45) is 5.73 Å². The topological polar surface area (TPSA) is 29.3 Å². The number of nitrogens with zero attached hydrogens (tertiary/aromatic N) is 1. The van der Waals surface area contributed by atoms with Crippen LogP contribution >= 0.6 is 11.8 Å². The van der Waals surface area contributed by atoms with Gasteiger partial charge in [-0.1, -0.05) is 0 Å². The quantitative estimate of drug-likeness (QED) is 0.786. The first-order valence-electron chi connectivity index (χ1n) is 4.95. The average molecular weight is 224 g/mol. The van der Waals surface area contributed by atoms with E-state index in [1.54, 1.807) is 0 Å². The van der Waals surface area contributed by atoms with Crippen LogP contribution in [-0.4, -0.2) is 48.0 Å². The minimum Gasteiger partial charge on any atom is -0.325 e. The minimum absolute atomic E-state index is 0.189. The van der Waals surface area contributed by atoms with Crippen LogP contribution in [0.25, 0.3) is 0 Å². The van der Waals surface area contributed by atoms with Crippen molar-refractivity contribution in [1.29, 1.82) is 0 Å². The largest absolute Gasteiger partial charge is 0.325 e. The third kappa shape index (κ3) is 3.71. The predicted octanol–water partition coefficient (Wildman–Crippen LogP) is 1.41. The highest BCUT2D eigenvalue weighted by molar-refractivity contribution is 7.99. The SMILES string of the molecule is CC1CSCCCN1CC(F)(F)CN. The van der Waals surface area contributed by atoms with Crippen LogP contribution in [0.5, 0.6) is 0 Å². The van der Waals surface area contributed by atoms with Gasteiger partial charge in [-0.15, -0.1) is 0 Å². The lowest BCUT2D eigenvalue weighted by atomic mass is 10.2. The number of hydrogen-bond donors (Lipinski definition) is 1. The zero-order chi connectivity index (χ0) is 10.6. The summed E-state index contributed by atoms with van der Waals surface area (Å²) in [7, 11) is 0. The van der Waals surface area contributed by atoms with E-state index in [0.717, 1.165) is 24.5 Å². The van der Waals surface area contributed by atoms with Crippen molar-refractivity contribution < 1.29 is 8.78 Å². The van der Waals surface area contributed by atoms with Gasteiger partial charge in [0.1, 0.15) is 0 Å². The average Bonchev–Trinajstić information content (AvgIpc) is 2.32. The Bertz CT molecular complexity index is 178. The maximum absolute atomic E-state index is 13.1. The summed E-state index contributed by atoms with van der Waals surface area (Å²) in [6.45, 7) is 2.03. The van der Waals surface area contributed by atoms with Crippen LogP contribution in [0, 0.1) is 0 Å². The molecule has 1 aliphatic rings. The molecular formula is C9H18F2N2S. The molecule has 14 heavy (non-hydrogen) atoms. The van der Waals surface area contributed by atoms with E-state index in [2.05, 4.69) is 0 Å². The Hall–Kier alpha value is 0.130. The Morgan fingerprint density at radius 3 is 2.93 bits per heavy atom. The molecule has 0 amide bonds. The highest BCUT2D eigenvalue weighted by Crippen LogP contribution is 2.20. The maximum Gasteiger partial charge on any atom is 0.272 e. The minimum atomic E-state index is -2.73. The fourth-order valence-corrected chi connectivity index (χ4v) is 2.60. The fourth-order valence-electron chi connectivity index (χ4n) is 1.55. The molecule has 0 bridgehead atoms. The summed E-state index contributed by atoms with van der Waals surface area (Å²) in [6, 6.07) is 0.236. The van der Waals surface area contributed by atoms with E-state index in [4.69, 9.17) is 5.73 Å². The molecular weight excluding hydrogens is 206 g/mol. The summed E-state index contributed by atoms with van der Waals surface area (Å²) in [6.07, 6.45) is 0.996. The van der Waals surface area contributed by atoms with Crippen LogP contribution in [0.3, 0.4) is 0 Å². The zero-order valence-electron chi connectivity index (χ0n) is 8.51. The van der Waals surface area contributed by atoms with E-state index in [9.17, 15) is 8.78 Å². The third-order valence-electron chi connectivity index (χ3n) is 2.45. The highest BCUT2D eigenvalue weighted by atomic mass is 32.2. The van der Waals surface area contributed by atoms with Gasteiger partial charge in [-0.25, -0.2) is 8.78 Å². The van der Waals surface area contributed by atoms with Crippen molar-refractivity contribution in [1.82, 2.24) is 4.90 Å². The maximum atomic E-state index is 13.1. The summed E-state index contributed by atoms with van der Waals surface area (Å²) < 4.78 is 26.1. The fraction of sp³-hybridized carbons (Fsp3) is 1.00. The molecule has 0 aliphatic carbocycles. The van der Waals surface area contributed by atoms with Gasteiger partial charge in [-0.3, -0.25) is 4.90 Å². The van der Waals surface area contributed by atoms with Gasteiger partial charge in [0.25, 0.3) is 5.92 Å². The van der Waals surface area contributed by atoms with Crippen molar-refractivity contribution >= 4 is 11.8 Å². The van der Waals surface area contributed by atoms with Gasteiger partial charge in [0.15, 0.2) is 0 Å². The lowest BCUT2D eigenvalue weighted by Crippen LogP contribution is -2.46. The Balaban J connectivity index is 2.48. The summed E-state index contributed by atoms with van der Waals surface area (Å²) in [4.78, 5) is 1.85. The number of alkyl halides is 2. The van der Waals surface area contributed by atoms with E-state index in [1.165, 1.54) is 0 Å². The zero-order valence-corrected chi connectivity index (χ0v) is 9.33. The van der Waals surface area contributed by atoms with Crippen LogP contribution in [0.2, 0.25) is 0 Å². The molecule has 1 fully saturated rings. The smallest absolute Gasteiger partial charge is 0.272 e. The third-order valence-corrected chi connectivity index (χ3v) is 3.74. The Morgan fingerprint density at radius 2 is 2.29 bits per heavy atom. The lowest BCUT2D eigenvalue weighted by molar-refractivity contribution is -0.0299. The van der Waals surface area contributed by atoms with Crippen LogP contribution < -0.4 is 5.73 Å². The van der Waals surface area contributed by atoms with E-state index in [-0.39, 0.29) is 12.6 Å². The first-order chi connectivity index (χ1) is 6.55. The predicted molar refractivity (Wildman–Crippen MR) is 57.0 cm³/mol. The van der Waals surface area contributed by atoms with Crippen molar-refractivity contribution in [3.63, 3.8) is 0 Å². The van der Waals surface area contributed by atoms with E-state index in [0.29, 0.717) is 0 Å². The summed E-state index contributed by atoms with van der Waals surface area (Å²) in [5.74, 6) is -0.709. The van der Waals surface area contributed by atoms with Gasteiger partial charge in [0.05, 0.1) is 13.1 Å². The molecule has 1 rings (SSSR count). The molecule has 2 N–H and O–H groups in total. The molecule has 1 saturated heterocycles. The standard InChI is InChI=1S/C9H18F2N2S/c1-8-5-14-4-2-3-13(8)7-9(10,11)6-12/h8H,2-7,12H2,1H3. The molecule has 2 nitrogen and oxygen atoms in total. The van der Waals surface area contributed by atoms with Crippen LogP contribution in [0.15, 0.2) is 0 Å². The molecule has 5 heteroatoms. The monoisotopic (exact) mass is 224 g/mol. The second-order valence-electron chi connectivity index (χ2n) is 3.81. The molecule has 1 aliphatic heterocycles. The Kier molecular flexibility index (Phi) is 4.60. The summed E-state index contributed by atoms with van der Waals surface area (Å²) in [5.41, 5.74) is 5.03. The van der Waals surface area contributed by atoms with E-state index in [1.807, 2.05) is 23.6 Å². The van der Waals surface area contributed by atoms with Crippen molar-refractivity contribution in [2.45, 2.75) is 25.3 Å². The Labute approximate surface area is 88.2 Å². The van der Waals surface area contributed by atoms with Gasteiger partial charge in [-0.2, -0.15) is 11.8 Å². The number of nitrogens with two attached hydrogens (primary N) is 1. The van der Waals surface area contributed by atoms with Crippen molar-refractivity contribution in [2.75, 3.05) is 31.1 Å². The lowest BCUT2D eigenvalue weighted by Gasteiger charge is -2.29. The summed E-state index contributed by atoms with van der Waals surface area (Å²) in [5, 5.41) is 0. The Morgan fingerprint density at radius 1 is 1.57 bits per heavy atom. The molecule has 1 atom stereocenters. The van der Waals surface area contributed by atoms with Crippen LogP contribution in [-0.2, 0) is 0 Å². The normalized spacial score (nSPS) is 26.1. The van der Waals surface area contributed by atoms with Gasteiger partial charge in [0.2, 0.25) is 0 Å². The van der Waals surface area contributed by atoms with Gasteiger partial charge in [-0.05, 0) is 25.6 Å². The van der Waals surface area contributed by atoms with Crippen LogP contribution in [0.4, 0.5) is 8.78 Å². The second kappa shape index (κ2) is 5.28. The molecule has 0 spiro atoms. The van der Waals surface area contributed by atoms with Gasteiger partial charge in [0, 0.05) is 11.8 Å². The first-order valence-corrected chi connectivity index (χ1v) is 6.10. The number of halogens is 2. The molecule has 84 valence electrons. The van der Waals surface area contributed by atoms with Gasteiger partial charge >= 0.3 is 0 Å². The van der Waals surface area contributed by atoms with E-state index < -0.39 is 12.5 Å².